The maximum atomic E-state index is 12.3. The topological polar surface area (TPSA) is 88.6 Å². The van der Waals surface area contributed by atoms with Crippen LogP contribution in [0.25, 0.3) is 0 Å². The minimum absolute atomic E-state index is 0.00286. The first-order chi connectivity index (χ1) is 13.0. The molecule has 0 bridgehead atoms. The SMILES string of the molecule is Cc1cnc(NC(=O)Nc2cc(Br)ccc2OC[C@H]2CN(C)CCO2)cn1. The fourth-order valence-electron chi connectivity index (χ4n) is 2.60. The van der Waals surface area contributed by atoms with E-state index >= 15 is 0 Å². The second-order valence-electron chi connectivity index (χ2n) is 6.33. The van der Waals surface area contributed by atoms with E-state index in [0.717, 1.165) is 23.3 Å². The summed E-state index contributed by atoms with van der Waals surface area (Å²) in [5, 5.41) is 5.44. The van der Waals surface area contributed by atoms with Crippen LogP contribution < -0.4 is 15.4 Å². The highest BCUT2D eigenvalue weighted by atomic mass is 79.9. The Labute approximate surface area is 166 Å². The molecule has 144 valence electrons. The molecule has 1 atom stereocenters. The molecule has 8 nitrogen and oxygen atoms in total. The lowest BCUT2D eigenvalue weighted by Crippen LogP contribution is -2.42. The lowest BCUT2D eigenvalue weighted by Gasteiger charge is -2.30. The van der Waals surface area contributed by atoms with Crippen molar-refractivity contribution in [1.29, 1.82) is 0 Å². The third-order valence-electron chi connectivity index (χ3n) is 3.98. The van der Waals surface area contributed by atoms with E-state index in [2.05, 4.69) is 48.5 Å². The van der Waals surface area contributed by atoms with Crippen LogP contribution in [0.3, 0.4) is 0 Å². The molecule has 1 aliphatic heterocycles. The Morgan fingerprint density at radius 3 is 2.96 bits per heavy atom. The molecule has 0 saturated carbocycles. The summed E-state index contributed by atoms with van der Waals surface area (Å²) in [4.78, 5) is 22.7. The molecule has 0 unspecified atom stereocenters. The van der Waals surface area contributed by atoms with Crippen LogP contribution in [0.1, 0.15) is 5.69 Å². The highest BCUT2D eigenvalue weighted by Crippen LogP contribution is 2.29. The van der Waals surface area contributed by atoms with E-state index in [1.54, 1.807) is 18.3 Å². The van der Waals surface area contributed by atoms with Crippen molar-refractivity contribution in [2.24, 2.45) is 0 Å². The van der Waals surface area contributed by atoms with Gasteiger partial charge in [-0.05, 0) is 32.2 Å². The van der Waals surface area contributed by atoms with Gasteiger partial charge in [0.1, 0.15) is 18.5 Å². The first kappa shape index (κ1) is 19.5. The number of carbonyl (C=O) groups is 1. The smallest absolute Gasteiger partial charge is 0.325 e. The number of halogens is 1. The molecule has 0 aliphatic carbocycles. The number of hydrogen-bond acceptors (Lipinski definition) is 6. The molecule has 2 heterocycles. The quantitative estimate of drug-likeness (QED) is 0.750. The highest BCUT2D eigenvalue weighted by Gasteiger charge is 2.19. The average molecular weight is 436 g/mol. The van der Waals surface area contributed by atoms with Crippen molar-refractivity contribution in [1.82, 2.24) is 14.9 Å². The van der Waals surface area contributed by atoms with Gasteiger partial charge in [-0.15, -0.1) is 0 Å². The Morgan fingerprint density at radius 1 is 1.37 bits per heavy atom. The second kappa shape index (κ2) is 9.12. The molecule has 1 fully saturated rings. The number of ether oxygens (including phenoxy) is 2. The zero-order valence-electron chi connectivity index (χ0n) is 15.2. The predicted molar refractivity (Wildman–Crippen MR) is 106 cm³/mol. The third kappa shape index (κ3) is 5.88. The highest BCUT2D eigenvalue weighted by molar-refractivity contribution is 9.10. The molecule has 2 N–H and O–H groups in total. The van der Waals surface area contributed by atoms with Gasteiger partial charge in [0, 0.05) is 17.6 Å². The van der Waals surface area contributed by atoms with Crippen molar-refractivity contribution in [3.8, 4) is 5.75 Å². The summed E-state index contributed by atoms with van der Waals surface area (Å²) in [5.74, 6) is 0.939. The number of urea groups is 1. The van der Waals surface area contributed by atoms with E-state index in [1.807, 2.05) is 13.0 Å². The van der Waals surface area contributed by atoms with Gasteiger partial charge in [0.25, 0.3) is 0 Å². The molecule has 9 heteroatoms. The number of rotatable bonds is 5. The van der Waals surface area contributed by atoms with Crippen LogP contribution in [0.4, 0.5) is 16.3 Å². The fraction of sp³-hybridized carbons (Fsp3) is 0.389. The number of benzene rings is 1. The summed E-state index contributed by atoms with van der Waals surface area (Å²) < 4.78 is 12.4. The molecule has 3 rings (SSSR count). The lowest BCUT2D eigenvalue weighted by atomic mass is 10.2. The van der Waals surface area contributed by atoms with Crippen LogP contribution in [0.2, 0.25) is 0 Å². The number of anilines is 2. The van der Waals surface area contributed by atoms with Crippen LogP contribution >= 0.6 is 15.9 Å². The Hall–Kier alpha value is -2.23. The molecule has 1 aromatic carbocycles. The van der Waals surface area contributed by atoms with Gasteiger partial charge in [-0.3, -0.25) is 10.3 Å². The first-order valence-electron chi connectivity index (χ1n) is 8.59. The van der Waals surface area contributed by atoms with Crippen LogP contribution in [0, 0.1) is 6.92 Å². The van der Waals surface area contributed by atoms with Crippen molar-refractivity contribution in [3.63, 3.8) is 0 Å². The number of morpholine rings is 1. The first-order valence-corrected chi connectivity index (χ1v) is 9.38. The number of amides is 2. The lowest BCUT2D eigenvalue weighted by molar-refractivity contribution is -0.0402. The van der Waals surface area contributed by atoms with E-state index in [-0.39, 0.29) is 6.10 Å². The zero-order valence-corrected chi connectivity index (χ0v) is 16.8. The number of aryl methyl sites for hydroxylation is 1. The summed E-state index contributed by atoms with van der Waals surface area (Å²) in [7, 11) is 2.06. The molecule has 0 spiro atoms. The van der Waals surface area contributed by atoms with Gasteiger partial charge in [-0.1, -0.05) is 15.9 Å². The largest absolute Gasteiger partial charge is 0.489 e. The molecule has 0 radical (unpaired) electrons. The second-order valence-corrected chi connectivity index (χ2v) is 7.24. The van der Waals surface area contributed by atoms with Crippen molar-refractivity contribution in [2.75, 3.05) is 44.0 Å². The van der Waals surface area contributed by atoms with Crippen molar-refractivity contribution < 1.29 is 14.3 Å². The van der Waals surface area contributed by atoms with Crippen molar-refractivity contribution >= 4 is 33.5 Å². The molecule has 27 heavy (non-hydrogen) atoms. The van der Waals surface area contributed by atoms with Crippen LogP contribution in [0.5, 0.6) is 5.75 Å². The van der Waals surface area contributed by atoms with E-state index < -0.39 is 6.03 Å². The fourth-order valence-corrected chi connectivity index (χ4v) is 2.96. The monoisotopic (exact) mass is 435 g/mol. The zero-order chi connectivity index (χ0) is 19.2. The summed E-state index contributed by atoms with van der Waals surface area (Å²) in [5.41, 5.74) is 1.32. The molecular weight excluding hydrogens is 414 g/mol. The maximum Gasteiger partial charge on any atom is 0.325 e. The van der Waals surface area contributed by atoms with Gasteiger partial charge in [0.05, 0.1) is 30.4 Å². The standard InChI is InChI=1S/C18H22BrN5O3/c1-12-8-21-17(9-20-12)23-18(25)22-15-7-13(19)3-4-16(15)27-11-14-10-24(2)5-6-26-14/h3-4,7-9,14H,5-6,10-11H2,1-2H3,(H2,21,22,23,25)/t14-/m1/s1. The Bertz CT molecular complexity index is 787. The van der Waals surface area contributed by atoms with E-state index in [4.69, 9.17) is 9.47 Å². The molecule has 2 aromatic rings. The number of carbonyl (C=O) groups excluding carboxylic acids is 1. The van der Waals surface area contributed by atoms with Gasteiger partial charge in [0.15, 0.2) is 5.82 Å². The summed E-state index contributed by atoms with van der Waals surface area (Å²) in [6.07, 6.45) is 3.09. The molecule has 2 amide bonds. The molecule has 1 aromatic heterocycles. The minimum atomic E-state index is -0.426. The van der Waals surface area contributed by atoms with Gasteiger partial charge in [0.2, 0.25) is 0 Å². The third-order valence-corrected chi connectivity index (χ3v) is 4.47. The van der Waals surface area contributed by atoms with Crippen LogP contribution in [0.15, 0.2) is 35.1 Å². The van der Waals surface area contributed by atoms with Gasteiger partial charge in [-0.25, -0.2) is 9.78 Å². The average Bonchev–Trinajstić information content (AvgIpc) is 2.63. The number of nitrogens with zero attached hydrogens (tertiary/aromatic N) is 3. The predicted octanol–water partition coefficient (Wildman–Crippen LogP) is 2.90. The van der Waals surface area contributed by atoms with Crippen molar-refractivity contribution in [3.05, 3.63) is 40.8 Å². The van der Waals surface area contributed by atoms with Gasteiger partial charge >= 0.3 is 6.03 Å². The van der Waals surface area contributed by atoms with Gasteiger partial charge in [-0.2, -0.15) is 0 Å². The summed E-state index contributed by atoms with van der Waals surface area (Å²) >= 11 is 3.42. The number of hydrogen-bond donors (Lipinski definition) is 2. The Kier molecular flexibility index (Phi) is 6.59. The summed E-state index contributed by atoms with van der Waals surface area (Å²) in [6.45, 7) is 4.66. The Morgan fingerprint density at radius 2 is 2.22 bits per heavy atom. The summed E-state index contributed by atoms with van der Waals surface area (Å²) in [6, 6.07) is 5.02. The van der Waals surface area contributed by atoms with Gasteiger partial charge < -0.3 is 19.7 Å². The minimum Gasteiger partial charge on any atom is -0.489 e. The number of nitrogens with one attached hydrogen (secondary N) is 2. The van der Waals surface area contributed by atoms with Crippen molar-refractivity contribution in [2.45, 2.75) is 13.0 Å². The van der Waals surface area contributed by atoms with E-state index in [0.29, 0.717) is 30.5 Å². The number of aromatic nitrogens is 2. The van der Waals surface area contributed by atoms with Crippen LogP contribution in [-0.4, -0.2) is 60.4 Å². The van der Waals surface area contributed by atoms with E-state index in [1.165, 1.54) is 6.20 Å². The van der Waals surface area contributed by atoms with Crippen LogP contribution in [-0.2, 0) is 4.74 Å². The molecule has 1 aliphatic rings. The normalized spacial score (nSPS) is 17.4. The number of likely N-dealkylation sites (N-methyl/N-ethyl adjacent to an activating group) is 1. The maximum absolute atomic E-state index is 12.3. The van der Waals surface area contributed by atoms with E-state index in [9.17, 15) is 4.79 Å². The Balaban J connectivity index is 1.62. The molecule has 1 saturated heterocycles. The molecular formula is C18H22BrN5O3.